The van der Waals surface area contributed by atoms with Crippen LogP contribution >= 0.6 is 0 Å². The smallest absolute Gasteiger partial charge is 0.305 e. The van der Waals surface area contributed by atoms with Gasteiger partial charge in [0, 0.05) is 196 Å². The van der Waals surface area contributed by atoms with Crippen molar-refractivity contribution in [2.75, 3.05) is 0 Å². The van der Waals surface area contributed by atoms with E-state index >= 15 is 0 Å². The zero-order valence-corrected chi connectivity index (χ0v) is 80.2. The number of alkyl halides is 3. The molecule has 7 nitrogen and oxygen atoms in total. The molecule has 0 bridgehead atoms. The third-order valence-corrected chi connectivity index (χ3v) is 17.1. The van der Waals surface area contributed by atoms with Crippen LogP contribution in [0.1, 0.15) is 11.1 Å². The summed E-state index contributed by atoms with van der Waals surface area (Å²) in [4.78, 5) is 29.9. The zero-order valence-electron chi connectivity index (χ0n) is 63.5. The number of hydrogen-bond donors (Lipinski definition) is 0. The molecule has 7 radical (unpaired) electrons. The molecule has 120 heavy (non-hydrogen) atoms. The van der Waals surface area contributed by atoms with Gasteiger partial charge in [0.05, 0.1) is 0 Å². The minimum atomic E-state index is -4.32. The van der Waals surface area contributed by atoms with Crippen LogP contribution in [0.15, 0.2) is 401 Å². The molecule has 613 valence electrons. The van der Waals surface area contributed by atoms with Crippen LogP contribution in [-0.2, 0) is 147 Å². The number of rotatable bonds is 10. The Morgan fingerprint density at radius 1 is 0.258 bits per heavy atom. The van der Waals surface area contributed by atoms with E-state index in [9.17, 15) is 22.0 Å². The summed E-state index contributed by atoms with van der Waals surface area (Å²) in [6.07, 6.45) is 7.94. The summed E-state index contributed by atoms with van der Waals surface area (Å²) in [5.74, 6) is -0.561. The Balaban J connectivity index is 0.000000248. The summed E-state index contributed by atoms with van der Waals surface area (Å²) < 4.78 is 62.3. The maximum atomic E-state index is 12.9. The molecular formula is C101H69F5Ir7N7-7. The van der Waals surface area contributed by atoms with Gasteiger partial charge in [0.2, 0.25) is 0 Å². The Morgan fingerprint density at radius 2 is 0.658 bits per heavy atom. The predicted octanol–water partition coefficient (Wildman–Crippen LogP) is 25.6. The van der Waals surface area contributed by atoms with Gasteiger partial charge in [0.15, 0.2) is 0 Å². The molecule has 0 saturated carbocycles. The zero-order chi connectivity index (χ0) is 78.1. The molecule has 0 aliphatic carbocycles. The van der Waals surface area contributed by atoms with E-state index in [4.69, 9.17) is 0 Å². The van der Waals surface area contributed by atoms with Gasteiger partial charge in [-0.3, -0.25) is 8.78 Å². The van der Waals surface area contributed by atoms with Crippen molar-refractivity contribution in [3.05, 3.63) is 467 Å². The average Bonchev–Trinajstić information content (AvgIpc) is 0.773. The third kappa shape index (κ3) is 30.6. The average molecular weight is 2820 g/mol. The topological polar surface area (TPSA) is 90.2 Å². The monoisotopic (exact) mass is 2830 g/mol. The summed E-state index contributed by atoms with van der Waals surface area (Å²) >= 11 is 0. The van der Waals surface area contributed by atoms with Crippen LogP contribution in [0.25, 0.3) is 123 Å². The van der Waals surface area contributed by atoms with Gasteiger partial charge >= 0.3 is 6.18 Å². The van der Waals surface area contributed by atoms with Crippen molar-refractivity contribution < 1.29 is 163 Å². The molecule has 0 spiro atoms. The van der Waals surface area contributed by atoms with E-state index in [1.807, 2.05) is 219 Å². The van der Waals surface area contributed by atoms with Gasteiger partial charge in [-0.05, 0) is 104 Å². The van der Waals surface area contributed by atoms with Crippen LogP contribution in [0.5, 0.6) is 0 Å². The molecule has 0 fully saturated rings. The number of nitrogens with zero attached hydrogens (tertiary/aromatic N) is 7. The van der Waals surface area contributed by atoms with Crippen molar-refractivity contribution >= 4 is 10.8 Å². The van der Waals surface area contributed by atoms with Crippen LogP contribution in [-0.4, -0.2) is 34.9 Å². The minimum absolute atomic E-state index is 0. The third-order valence-electron chi connectivity index (χ3n) is 17.1. The van der Waals surface area contributed by atoms with Gasteiger partial charge in [-0.25, -0.2) is 0 Å². The number of benzene rings is 11. The summed E-state index contributed by atoms with van der Waals surface area (Å²) in [6.45, 7) is 2.07. The summed E-state index contributed by atoms with van der Waals surface area (Å²) in [6, 6.07) is 133. The normalized spacial score (nSPS) is 9.78. The Bertz CT molecular complexity index is 5670. The van der Waals surface area contributed by atoms with Gasteiger partial charge in [-0.15, -0.1) is 220 Å². The van der Waals surface area contributed by atoms with E-state index in [2.05, 4.69) is 157 Å². The fourth-order valence-corrected chi connectivity index (χ4v) is 11.4. The molecule has 7 aromatic heterocycles. The number of aromatic nitrogens is 7. The van der Waals surface area contributed by atoms with Crippen LogP contribution < -0.4 is 0 Å². The standard InChI is InChI=1S/3C17H12N.C15H9FN.C12H7F3N.C12H10N.C11H7FN.7Ir/c1-2-8-14(9-3-1)15-10-4-5-11-16(15)17-12-6-7-13-18-17;1-2-7-14(8-3-1)15-9-6-10-16(13-15)17-11-4-5-12-18-17;1-2-6-14(7-3-1)15-9-11-16(12-10-15)17-8-4-5-13-18-17;16-13-7-5-12(6-8-13)15-14-4-2-1-3-11(14)9-10-17-15;13-12(14,15)10-6-4-9(5-7-10)11-3-1-2-8-16-11;1-10-6-2-3-7-11(10)12-8-4-5-9-13-12;12-10-6-4-9(5-7-10)11-3-1-2-8-13-11;;;;;;;/h1-10,12-13H;1-9,11-13H;1-11,13H;1-5,7-10H;1-4,6-8H;2-6,8-9H,1H3;1-4,6-8H;;;;;;;/q7*-1;;;;;;;. The number of pyridine rings is 7. The second kappa shape index (κ2) is 53.5. The van der Waals surface area contributed by atoms with Crippen LogP contribution in [0.2, 0.25) is 0 Å². The van der Waals surface area contributed by atoms with Crippen molar-refractivity contribution in [2.45, 2.75) is 13.1 Å². The molecule has 0 aliphatic rings. The Kier molecular flexibility index (Phi) is 44.8. The van der Waals surface area contributed by atoms with Gasteiger partial charge < -0.3 is 34.9 Å². The number of hydrogen-bond acceptors (Lipinski definition) is 7. The first kappa shape index (κ1) is 100. The molecule has 18 aromatic rings. The Morgan fingerprint density at radius 3 is 1.10 bits per heavy atom. The molecule has 0 atom stereocenters. The quantitative estimate of drug-likeness (QED) is 0.0995. The second-order valence-corrected chi connectivity index (χ2v) is 24.8. The van der Waals surface area contributed by atoms with E-state index < -0.39 is 11.7 Å². The first-order valence-corrected chi connectivity index (χ1v) is 35.9. The molecule has 11 aromatic carbocycles. The molecule has 0 N–H and O–H groups in total. The molecule has 0 saturated heterocycles. The maximum absolute atomic E-state index is 12.9. The summed E-state index contributed by atoms with van der Waals surface area (Å²) in [7, 11) is 0. The van der Waals surface area contributed by atoms with Gasteiger partial charge in [-0.1, -0.05) is 217 Å². The van der Waals surface area contributed by atoms with E-state index in [0.29, 0.717) is 11.3 Å². The van der Waals surface area contributed by atoms with Crippen molar-refractivity contribution in [3.63, 3.8) is 0 Å². The molecule has 7 heterocycles. The Hall–Kier alpha value is -10.1. The molecule has 18 rings (SSSR count). The summed E-state index contributed by atoms with van der Waals surface area (Å²) in [5.41, 5.74) is 20.1. The maximum Gasteiger partial charge on any atom is 0.381 e. The van der Waals surface area contributed by atoms with Gasteiger partial charge in [-0.2, -0.15) is 13.2 Å². The van der Waals surface area contributed by atoms with Crippen LogP contribution in [0.3, 0.4) is 0 Å². The fourth-order valence-electron chi connectivity index (χ4n) is 11.4. The van der Waals surface area contributed by atoms with Crippen LogP contribution in [0, 0.1) is 61.0 Å². The minimum Gasteiger partial charge on any atom is -0.305 e. The number of aryl methyl sites for hydroxylation is 1. The van der Waals surface area contributed by atoms with E-state index in [0.717, 1.165) is 96.0 Å². The molecule has 0 unspecified atom stereocenters. The van der Waals surface area contributed by atoms with Gasteiger partial charge in [0.1, 0.15) is 0 Å². The number of halogens is 5. The van der Waals surface area contributed by atoms with E-state index in [-0.39, 0.29) is 152 Å². The first-order valence-electron chi connectivity index (χ1n) is 35.9. The SMILES string of the molecule is Cc1ccc[c-]c1-c1ccccn1.FC(F)(F)c1c[c-]c(-c2ccccn2)cc1.Fc1c[c-]c(-c2ccccn2)cc1.Fc1c[c-]c(-c2nccc3ccccc23)cc1.[Ir].[Ir].[Ir].[Ir].[Ir].[Ir].[Ir].[c-]1cc(-c2ccccc2)ccc1-c1ccccn1.[c-]1ccc(-c2ccccc2)cc1-c1ccccn1.[c-]1cccc(-c2ccccc2)c1-c1ccccn1. The largest absolute Gasteiger partial charge is 0.381 e. The van der Waals surface area contributed by atoms with E-state index in [1.54, 1.807) is 67.5 Å². The molecule has 19 heteroatoms. The summed E-state index contributed by atoms with van der Waals surface area (Å²) in [5, 5.41) is 2.17. The predicted molar refractivity (Wildman–Crippen MR) is 443 cm³/mol. The van der Waals surface area contributed by atoms with E-state index in [1.165, 1.54) is 63.7 Å². The van der Waals surface area contributed by atoms with Crippen molar-refractivity contribution in [2.24, 2.45) is 0 Å². The molecular weight excluding hydrogens is 2750 g/mol. The van der Waals surface area contributed by atoms with Crippen molar-refractivity contribution in [3.8, 4) is 112 Å². The second-order valence-electron chi connectivity index (χ2n) is 24.8. The van der Waals surface area contributed by atoms with Crippen molar-refractivity contribution in [1.29, 1.82) is 0 Å². The van der Waals surface area contributed by atoms with Gasteiger partial charge in [0.25, 0.3) is 0 Å². The first-order chi connectivity index (χ1) is 55.5. The fraction of sp³-hybridized carbons (Fsp3) is 0.0198. The van der Waals surface area contributed by atoms with Crippen molar-refractivity contribution in [1.82, 2.24) is 34.9 Å². The Labute approximate surface area is 792 Å². The van der Waals surface area contributed by atoms with Crippen LogP contribution in [0.4, 0.5) is 22.0 Å². The molecule has 0 amide bonds. The molecule has 0 aliphatic heterocycles. The number of fused-ring (bicyclic) bond motifs is 1.